The zero-order valence-electron chi connectivity index (χ0n) is 73.0. The normalized spacial score (nSPS) is 10.0. The lowest BCUT2D eigenvalue weighted by molar-refractivity contribution is -0.140. The minimum absolute atomic E-state index is 0. The van der Waals surface area contributed by atoms with E-state index < -0.39 is 17.6 Å². The number of nitrogens with zero attached hydrogens (tertiary/aromatic N) is 12. The first kappa shape index (κ1) is 118. The first-order chi connectivity index (χ1) is 63.5. The van der Waals surface area contributed by atoms with Crippen LogP contribution in [0.15, 0.2) is 194 Å². The van der Waals surface area contributed by atoms with Crippen LogP contribution in [0.1, 0.15) is 102 Å². The Bertz CT molecular complexity index is 6330. The van der Waals surface area contributed by atoms with Gasteiger partial charge in [-0.3, -0.25) is 25.0 Å². The summed E-state index contributed by atoms with van der Waals surface area (Å²) in [5.74, 6) is 3.90. The molecule has 135 heavy (non-hydrogen) atoms. The van der Waals surface area contributed by atoms with E-state index >= 15 is 0 Å². The van der Waals surface area contributed by atoms with Gasteiger partial charge in [-0.2, -0.15) is 30.8 Å². The summed E-state index contributed by atoms with van der Waals surface area (Å²) < 4.78 is 44.2. The van der Waals surface area contributed by atoms with E-state index in [2.05, 4.69) is 69.1 Å². The van der Waals surface area contributed by atoms with Crippen LogP contribution in [0.2, 0.25) is 70.3 Å². The molecule has 0 aliphatic heterocycles. The second kappa shape index (κ2) is 59.6. The average molecular weight is 2260 g/mol. The number of aliphatic hydroxyl groups excluding tert-OH is 2. The summed E-state index contributed by atoms with van der Waals surface area (Å²) in [6.45, 7) is 15.4. The molecule has 11 N–H and O–H groups in total. The van der Waals surface area contributed by atoms with Crippen molar-refractivity contribution in [1.82, 2.24) is 48.9 Å². The van der Waals surface area contributed by atoms with E-state index in [1.807, 2.05) is 89.2 Å². The molecule has 714 valence electrons. The third kappa shape index (κ3) is 37.4. The van der Waals surface area contributed by atoms with Gasteiger partial charge in [0.2, 0.25) is 0 Å². The van der Waals surface area contributed by atoms with Crippen molar-refractivity contribution < 1.29 is 47.6 Å². The molecule has 5 heterocycles. The molecule has 0 bridgehead atoms. The van der Waals surface area contributed by atoms with Crippen molar-refractivity contribution in [2.24, 2.45) is 11.6 Å². The number of ketones is 2. The number of hydrogen-bond acceptors (Lipinski definition) is 20. The molecule has 9 aromatic carbocycles. The van der Waals surface area contributed by atoms with Crippen molar-refractivity contribution in [3.63, 3.8) is 0 Å². The van der Waals surface area contributed by atoms with Crippen molar-refractivity contribution >= 4 is 238 Å². The maximum atomic E-state index is 13.8. The SMILES string of the molecule is CC(=O)Cc1ccc(CO)c(F)c1.CC(=O)OC#N.CCOC(C)=O.Cc1cc(C#N)n(-c2cccc(Cl)c2Cl)n1.Cc1cc(CCC(=O)Cc2ccc(CO)c(F)c2)n(-c2cccc(Cl)c2Cl)n1.Cc1cc(CN)n(-c2cccc(Cl)c2Cl)n1.Cc1cc(I)n(-c2cccc(Cl)c2Cl)n1.Cc1cc(N)n(-c2cccc(Cl)c2Cl)n1.Cl.NNc1cccc(Cl)c1Cl.Nc1cccc(Cl)c1Cl. The van der Waals surface area contributed by atoms with Crippen LogP contribution in [-0.4, -0.2) is 89.2 Å². The van der Waals surface area contributed by atoms with Gasteiger partial charge >= 0.3 is 11.9 Å². The lowest BCUT2D eigenvalue weighted by Gasteiger charge is -2.10. The molecule has 0 spiro atoms. The van der Waals surface area contributed by atoms with Crippen molar-refractivity contribution in [2.75, 3.05) is 23.5 Å². The summed E-state index contributed by atoms with van der Waals surface area (Å²) in [5, 5.41) is 62.4. The lowest BCUT2D eigenvalue weighted by Crippen LogP contribution is -2.08. The highest BCUT2D eigenvalue weighted by Gasteiger charge is 2.19. The molecular formula is C92H87Cl15F2IN17O8. The van der Waals surface area contributed by atoms with E-state index in [-0.39, 0.29) is 73.5 Å². The maximum absolute atomic E-state index is 13.8. The minimum atomic E-state index is -0.572. The molecule has 25 nitrogen and oxygen atoms in total. The highest BCUT2D eigenvalue weighted by molar-refractivity contribution is 14.1. The standard InChI is InChI=1S/C21H19Cl2FN2O2.C11H11Cl2N3.C11H7Cl2N3.C10H7Cl2IN2.C10H9Cl2N3.C10H11FO2.C6H6Cl2N2.C6H5Cl2N.C4H8O2.C3H3NO2.ClH/c1-13-9-16(26(25-13)20-4-2-3-18(22)21(20)23)7-8-17(28)10-14-5-6-15(12-27)19(24)11-14;2*1-7-5-8(6-14)16(15-7)10-4-2-3-9(12)11(10)13;2*1-6-5-9(13)15(14-6)8-4-2-3-7(11)10(8)12;1-7(13)4-8-2-3-9(6-12)10(11)5-8;7-4-2-1-3-5(10-9)6(4)8;7-4-2-1-3-5(9)6(4)8;1-3-6-4(2)5;1-3(5)6-2-4;/h2-6,9,11,27H,7-8,10,12H2,1H3;2-5H,6,14H2,1H3;2-5H,1H3;2-5H,1H3;2-5H,13H2,1H3;2-3,5,12H,4,6H2,1H3;1-3,10H,9H2;1-3H,9H2;3H2,1-2H3;1H3;1H. The Kier molecular flexibility index (Phi) is 52.0. The van der Waals surface area contributed by atoms with E-state index in [0.29, 0.717) is 141 Å². The van der Waals surface area contributed by atoms with E-state index in [0.717, 1.165) is 54.9 Å². The number of anilines is 3. The molecule has 14 rings (SSSR count). The van der Waals surface area contributed by atoms with Gasteiger partial charge < -0.3 is 42.3 Å². The number of nitrogen functional groups attached to an aromatic ring is 3. The van der Waals surface area contributed by atoms with Crippen molar-refractivity contribution in [2.45, 2.75) is 108 Å². The molecule has 0 atom stereocenters. The highest BCUT2D eigenvalue weighted by Crippen LogP contribution is 2.36. The molecule has 0 aliphatic rings. The zero-order chi connectivity index (χ0) is 99.9. The molecule has 5 aromatic heterocycles. The van der Waals surface area contributed by atoms with Gasteiger partial charge in [-0.25, -0.2) is 32.2 Å². The van der Waals surface area contributed by atoms with Gasteiger partial charge in [0.25, 0.3) is 6.26 Å². The second-order valence-electron chi connectivity index (χ2n) is 27.5. The van der Waals surface area contributed by atoms with Crippen LogP contribution in [0.4, 0.5) is 26.0 Å². The third-order valence-electron chi connectivity index (χ3n) is 17.1. The van der Waals surface area contributed by atoms with Gasteiger partial charge in [0.05, 0.1) is 164 Å². The number of aromatic nitrogens is 10. The van der Waals surface area contributed by atoms with Crippen LogP contribution < -0.4 is 28.5 Å². The molecule has 0 radical (unpaired) electrons. The topological polar surface area (TPSA) is 380 Å². The summed E-state index contributed by atoms with van der Waals surface area (Å²) in [5.41, 5.74) is 32.1. The van der Waals surface area contributed by atoms with Crippen LogP contribution >= 0.6 is 197 Å². The number of nitrogens with one attached hydrogen (secondary N) is 1. The van der Waals surface area contributed by atoms with Crippen molar-refractivity contribution in [3.05, 3.63) is 348 Å². The molecule has 43 heteroatoms. The number of nitriles is 2. The number of carbonyl (C=O) groups is 4. The van der Waals surface area contributed by atoms with Gasteiger partial charge in [0.15, 0.2) is 0 Å². The fourth-order valence-electron chi connectivity index (χ4n) is 11.2. The van der Waals surface area contributed by atoms with Gasteiger partial charge in [-0.05, 0) is 210 Å². The summed E-state index contributed by atoms with van der Waals surface area (Å²) in [6.07, 6.45) is 2.35. The van der Waals surface area contributed by atoms with E-state index in [4.69, 9.17) is 206 Å². The number of ether oxygens (including phenoxy) is 2. The smallest absolute Gasteiger partial charge is 0.318 e. The summed E-state index contributed by atoms with van der Waals surface area (Å²) >= 11 is 85.3. The molecule has 0 unspecified atom stereocenters. The van der Waals surface area contributed by atoms with Crippen LogP contribution in [-0.2, 0) is 67.7 Å². The number of aryl methyl sites for hydroxylation is 6. The Morgan fingerprint density at radius 1 is 0.459 bits per heavy atom. The number of halogens is 18. The third-order valence-corrected chi connectivity index (χ3v) is 23.6. The monoisotopic (exact) mass is 2250 g/mol. The van der Waals surface area contributed by atoms with Crippen molar-refractivity contribution in [1.29, 1.82) is 10.5 Å². The summed E-state index contributed by atoms with van der Waals surface area (Å²) in [4.78, 5) is 42.5. The van der Waals surface area contributed by atoms with Gasteiger partial charge in [-0.15, -0.1) is 17.7 Å². The quantitative estimate of drug-likeness (QED) is 0.0111. The number of esters is 2. The van der Waals surface area contributed by atoms with Gasteiger partial charge in [-0.1, -0.05) is 229 Å². The first-order valence-corrected chi connectivity index (χ1v) is 45.5. The predicted octanol–water partition coefficient (Wildman–Crippen LogP) is 25.7. The average Bonchev–Trinajstić information content (AvgIpc) is 1.70. The number of nitrogens with two attached hydrogens (primary N) is 4. The van der Waals surface area contributed by atoms with E-state index in [1.54, 1.807) is 141 Å². The maximum Gasteiger partial charge on any atom is 0.318 e. The number of Topliss-reactive ketones (excluding diaryl/α,β-unsaturated/α-hetero) is 2. The van der Waals surface area contributed by atoms with Crippen LogP contribution in [0.5, 0.6) is 0 Å². The molecule has 0 saturated carbocycles. The van der Waals surface area contributed by atoms with E-state index in [1.165, 1.54) is 56.0 Å². The largest absolute Gasteiger partial charge is 0.466 e. The Morgan fingerprint density at radius 3 is 1.16 bits per heavy atom. The van der Waals surface area contributed by atoms with Crippen LogP contribution in [0.25, 0.3) is 28.4 Å². The zero-order valence-corrected chi connectivity index (χ0v) is 86.5. The number of hydrogen-bond donors (Lipinski definition) is 7. The molecule has 14 aromatic rings. The fraction of sp³-hybridized carbons (Fsp3) is 0.185. The minimum Gasteiger partial charge on any atom is -0.466 e. The van der Waals surface area contributed by atoms with Crippen LogP contribution in [0, 0.1) is 72.8 Å². The Balaban J connectivity index is 0.000000322. The number of aliphatic hydroxyl groups is 2. The first-order valence-electron chi connectivity index (χ1n) is 39.1. The molecule has 0 aliphatic carbocycles. The summed E-state index contributed by atoms with van der Waals surface area (Å²) in [7, 11) is 0. The number of benzene rings is 9. The fourth-order valence-corrected chi connectivity index (χ4v) is 14.5. The van der Waals surface area contributed by atoms with E-state index in [9.17, 15) is 28.0 Å². The van der Waals surface area contributed by atoms with Crippen molar-refractivity contribution in [3.8, 4) is 40.8 Å². The summed E-state index contributed by atoms with van der Waals surface area (Å²) in [6, 6.07) is 57.4. The molecule has 0 saturated heterocycles. The second-order valence-corrected chi connectivity index (χ2v) is 34.1. The molecule has 0 amide bonds. The number of rotatable bonds is 17. The Labute approximate surface area is 868 Å². The number of carbonyl (C=O) groups excluding carboxylic acids is 4. The van der Waals surface area contributed by atoms with Gasteiger partial charge in [0.1, 0.15) is 44.5 Å². The Hall–Kier alpha value is -9.53. The highest BCUT2D eigenvalue weighted by atomic mass is 127. The Morgan fingerprint density at radius 2 is 0.822 bits per heavy atom. The van der Waals surface area contributed by atoms with Gasteiger partial charge in [0, 0.05) is 62.5 Å². The lowest BCUT2D eigenvalue weighted by atomic mass is 10.0. The molecular weight excluding hydrogens is 2170 g/mol. The predicted molar refractivity (Wildman–Crippen MR) is 549 cm³/mol. The van der Waals surface area contributed by atoms with Crippen LogP contribution in [0.3, 0.4) is 0 Å². The number of hydrazine groups is 1. The molecule has 0 fully saturated rings.